The lowest BCUT2D eigenvalue weighted by atomic mass is 10.2. The highest BCUT2D eigenvalue weighted by molar-refractivity contribution is 9.10. The molecule has 0 bridgehead atoms. The van der Waals surface area contributed by atoms with Gasteiger partial charge in [-0.25, -0.2) is 9.82 Å². The third-order valence-corrected chi connectivity index (χ3v) is 5.06. The van der Waals surface area contributed by atoms with Crippen LogP contribution in [0.15, 0.2) is 70.2 Å². The zero-order valence-corrected chi connectivity index (χ0v) is 19.2. The van der Waals surface area contributed by atoms with Crippen LogP contribution in [0.5, 0.6) is 17.2 Å². The van der Waals surface area contributed by atoms with E-state index >= 15 is 0 Å². The first-order valence-corrected chi connectivity index (χ1v) is 10.6. The molecule has 166 valence electrons. The molecule has 8 heteroatoms. The summed E-state index contributed by atoms with van der Waals surface area (Å²) in [5, 5.41) is 4.04. The van der Waals surface area contributed by atoms with Crippen LogP contribution in [0, 0.1) is 5.82 Å². The quantitative estimate of drug-likeness (QED) is 0.318. The summed E-state index contributed by atoms with van der Waals surface area (Å²) < 4.78 is 30.5. The van der Waals surface area contributed by atoms with Crippen molar-refractivity contribution in [3.63, 3.8) is 0 Å². The predicted molar refractivity (Wildman–Crippen MR) is 124 cm³/mol. The molecule has 0 heterocycles. The van der Waals surface area contributed by atoms with Crippen LogP contribution >= 0.6 is 15.9 Å². The average molecular weight is 501 g/mol. The molecule has 0 spiro atoms. The molecule has 3 aromatic rings. The molecule has 0 aromatic heterocycles. The molecule has 32 heavy (non-hydrogen) atoms. The molecule has 0 radical (unpaired) electrons. The van der Waals surface area contributed by atoms with Crippen LogP contribution in [0.1, 0.15) is 28.4 Å². The number of carbonyl (C=O) groups is 1. The molecule has 0 aliphatic carbocycles. The minimum atomic E-state index is -0.361. The second-order valence-electron chi connectivity index (χ2n) is 6.60. The molecule has 1 amide bonds. The van der Waals surface area contributed by atoms with Gasteiger partial charge < -0.3 is 14.2 Å². The van der Waals surface area contributed by atoms with Crippen molar-refractivity contribution in [1.29, 1.82) is 0 Å². The number of hydrogen-bond acceptors (Lipinski definition) is 5. The van der Waals surface area contributed by atoms with E-state index in [4.69, 9.17) is 14.2 Å². The highest BCUT2D eigenvalue weighted by Crippen LogP contribution is 2.34. The largest absolute Gasteiger partial charge is 0.497 e. The number of hydrazone groups is 1. The third kappa shape index (κ3) is 6.31. The van der Waals surface area contributed by atoms with Gasteiger partial charge in [0.05, 0.1) is 19.9 Å². The molecule has 0 fully saturated rings. The SMILES string of the molecule is CCOc1cc(/C=N\NC(=O)c2cccc(OC)c2)c(Br)cc1OCc1ccc(F)cc1. The highest BCUT2D eigenvalue weighted by Gasteiger charge is 2.11. The van der Waals surface area contributed by atoms with E-state index in [0.29, 0.717) is 39.5 Å². The number of nitrogens with zero attached hydrogens (tertiary/aromatic N) is 1. The van der Waals surface area contributed by atoms with Gasteiger partial charge in [0, 0.05) is 15.6 Å². The summed E-state index contributed by atoms with van der Waals surface area (Å²) in [7, 11) is 1.54. The van der Waals surface area contributed by atoms with E-state index in [2.05, 4.69) is 26.5 Å². The Morgan fingerprint density at radius 3 is 2.56 bits per heavy atom. The second-order valence-corrected chi connectivity index (χ2v) is 7.45. The summed E-state index contributed by atoms with van der Waals surface area (Å²) in [6, 6.07) is 16.4. The van der Waals surface area contributed by atoms with Crippen molar-refractivity contribution in [2.75, 3.05) is 13.7 Å². The van der Waals surface area contributed by atoms with Gasteiger partial charge in [-0.3, -0.25) is 4.79 Å². The van der Waals surface area contributed by atoms with Gasteiger partial charge in [-0.15, -0.1) is 0 Å². The van der Waals surface area contributed by atoms with Crippen LogP contribution in [0.2, 0.25) is 0 Å². The standard InChI is InChI=1S/C24H22BrFN2O4/c1-3-31-22-12-18(14-27-28-24(29)17-5-4-6-20(11-17)30-2)21(25)13-23(22)32-15-16-7-9-19(26)10-8-16/h4-14H,3,15H2,1-2H3,(H,28,29)/b27-14-. The predicted octanol–water partition coefficient (Wildman–Crippen LogP) is 5.34. The van der Waals surface area contributed by atoms with Gasteiger partial charge in [-0.1, -0.05) is 18.2 Å². The summed E-state index contributed by atoms with van der Waals surface area (Å²) in [6.45, 7) is 2.57. The van der Waals surface area contributed by atoms with Crippen molar-refractivity contribution in [3.8, 4) is 17.2 Å². The second kappa shape index (κ2) is 11.3. The van der Waals surface area contributed by atoms with Crippen LogP contribution in [-0.2, 0) is 6.61 Å². The Hall–Kier alpha value is -3.39. The molecule has 0 saturated heterocycles. The molecule has 6 nitrogen and oxygen atoms in total. The van der Waals surface area contributed by atoms with E-state index in [1.807, 2.05) is 6.92 Å². The van der Waals surface area contributed by atoms with E-state index < -0.39 is 0 Å². The summed E-state index contributed by atoms with van der Waals surface area (Å²) in [6.07, 6.45) is 1.51. The molecule has 3 rings (SSSR count). The minimum absolute atomic E-state index is 0.261. The van der Waals surface area contributed by atoms with Gasteiger partial charge in [0.15, 0.2) is 11.5 Å². The van der Waals surface area contributed by atoms with Crippen molar-refractivity contribution >= 4 is 28.1 Å². The number of benzene rings is 3. The van der Waals surface area contributed by atoms with Crippen molar-refractivity contribution in [1.82, 2.24) is 5.43 Å². The smallest absolute Gasteiger partial charge is 0.271 e. The minimum Gasteiger partial charge on any atom is -0.497 e. The van der Waals surface area contributed by atoms with Gasteiger partial charge in [-0.05, 0) is 70.9 Å². The Morgan fingerprint density at radius 2 is 1.84 bits per heavy atom. The van der Waals surface area contributed by atoms with Gasteiger partial charge >= 0.3 is 0 Å². The van der Waals surface area contributed by atoms with Gasteiger partial charge in [0.1, 0.15) is 18.2 Å². The molecule has 0 atom stereocenters. The molecular formula is C24H22BrFN2O4. The Kier molecular flexibility index (Phi) is 8.21. The zero-order valence-electron chi connectivity index (χ0n) is 17.6. The Labute approximate surface area is 194 Å². The van der Waals surface area contributed by atoms with Crippen molar-refractivity contribution in [2.45, 2.75) is 13.5 Å². The monoisotopic (exact) mass is 500 g/mol. The maximum Gasteiger partial charge on any atom is 0.271 e. The molecule has 3 aromatic carbocycles. The molecule has 0 aliphatic rings. The molecule has 0 aliphatic heterocycles. The number of hydrogen-bond donors (Lipinski definition) is 1. The first-order chi connectivity index (χ1) is 15.5. The normalized spacial score (nSPS) is 10.8. The maximum absolute atomic E-state index is 13.1. The molecule has 0 saturated carbocycles. The van der Waals surface area contributed by atoms with E-state index in [0.717, 1.165) is 5.56 Å². The first kappa shape index (κ1) is 23.3. The van der Waals surface area contributed by atoms with Crippen LogP contribution in [-0.4, -0.2) is 25.8 Å². The van der Waals surface area contributed by atoms with Gasteiger partial charge in [0.25, 0.3) is 5.91 Å². The van der Waals surface area contributed by atoms with Crippen molar-refractivity contribution < 1.29 is 23.4 Å². The Balaban J connectivity index is 1.71. The number of nitrogens with one attached hydrogen (secondary N) is 1. The zero-order chi connectivity index (χ0) is 22.9. The lowest BCUT2D eigenvalue weighted by Crippen LogP contribution is -2.17. The summed E-state index contributed by atoms with van der Waals surface area (Å²) in [5.74, 6) is 0.982. The van der Waals surface area contributed by atoms with Crippen LogP contribution in [0.3, 0.4) is 0 Å². The molecular weight excluding hydrogens is 479 g/mol. The number of ether oxygens (including phenoxy) is 3. The van der Waals surface area contributed by atoms with Crippen LogP contribution in [0.25, 0.3) is 0 Å². The number of methoxy groups -OCH3 is 1. The van der Waals surface area contributed by atoms with Crippen LogP contribution < -0.4 is 19.6 Å². The third-order valence-electron chi connectivity index (χ3n) is 4.37. The van der Waals surface area contributed by atoms with E-state index in [1.54, 1.807) is 48.5 Å². The lowest BCUT2D eigenvalue weighted by molar-refractivity contribution is 0.0955. The molecule has 1 N–H and O–H groups in total. The fourth-order valence-electron chi connectivity index (χ4n) is 2.76. The summed E-state index contributed by atoms with van der Waals surface area (Å²) in [4.78, 5) is 12.3. The fourth-order valence-corrected chi connectivity index (χ4v) is 3.19. The number of rotatable bonds is 9. The fraction of sp³-hybridized carbons (Fsp3) is 0.167. The van der Waals surface area contributed by atoms with Gasteiger partial charge in [-0.2, -0.15) is 5.10 Å². The van der Waals surface area contributed by atoms with Crippen LogP contribution in [0.4, 0.5) is 4.39 Å². The van der Waals surface area contributed by atoms with Crippen molar-refractivity contribution in [2.24, 2.45) is 5.10 Å². The van der Waals surface area contributed by atoms with E-state index in [1.165, 1.54) is 25.5 Å². The summed E-state index contributed by atoms with van der Waals surface area (Å²) in [5.41, 5.74) is 4.44. The average Bonchev–Trinajstić information content (AvgIpc) is 2.81. The Bertz CT molecular complexity index is 1100. The molecule has 0 unspecified atom stereocenters. The first-order valence-electron chi connectivity index (χ1n) is 9.81. The Morgan fingerprint density at radius 1 is 1.09 bits per heavy atom. The van der Waals surface area contributed by atoms with Crippen molar-refractivity contribution in [3.05, 3.63) is 87.6 Å². The summed E-state index contributed by atoms with van der Waals surface area (Å²) >= 11 is 3.49. The topological polar surface area (TPSA) is 69.2 Å². The number of amides is 1. The maximum atomic E-state index is 13.1. The van der Waals surface area contributed by atoms with E-state index in [-0.39, 0.29) is 18.3 Å². The lowest BCUT2D eigenvalue weighted by Gasteiger charge is -2.14. The number of halogens is 2. The number of carbonyl (C=O) groups excluding carboxylic acids is 1. The van der Waals surface area contributed by atoms with Gasteiger partial charge in [0.2, 0.25) is 0 Å². The van der Waals surface area contributed by atoms with E-state index in [9.17, 15) is 9.18 Å². The highest BCUT2D eigenvalue weighted by atomic mass is 79.9.